The first-order chi connectivity index (χ1) is 28.0. The molecule has 2 amide bonds. The number of carbonyl (C=O) groups excluding carboxylic acids is 3. The number of imidazole rings is 2. The Hall–Kier alpha value is -6.33. The number of carbonyl (C=O) groups is 3. The first-order valence-electron chi connectivity index (χ1n) is 18.0. The van der Waals surface area contributed by atoms with Gasteiger partial charge >= 0.3 is 24.1 Å². The van der Waals surface area contributed by atoms with Crippen LogP contribution in [0, 0.1) is 6.92 Å². The molecular formula is C44H48Br2F3N7O5. The zero-order valence-corrected chi connectivity index (χ0v) is 37.2. The third-order valence-electron chi connectivity index (χ3n) is 7.71. The first-order valence-corrected chi connectivity index (χ1v) is 18.0. The molecule has 17 heteroatoms. The fourth-order valence-corrected chi connectivity index (χ4v) is 4.83. The van der Waals surface area contributed by atoms with E-state index >= 15 is 0 Å². The van der Waals surface area contributed by atoms with Gasteiger partial charge in [0.15, 0.2) is 0 Å². The molecule has 0 saturated carbocycles. The lowest BCUT2D eigenvalue weighted by atomic mass is 10.1. The molecule has 0 spiro atoms. The maximum Gasteiger partial charge on any atom is 0.416 e. The number of esters is 2. The Morgan fingerprint density at radius 2 is 1.23 bits per heavy atom. The number of pyridine rings is 1. The molecule has 2 aromatic carbocycles. The van der Waals surface area contributed by atoms with Gasteiger partial charge in [-0.05, 0) is 74.4 Å². The van der Waals surface area contributed by atoms with Crippen LogP contribution in [0.5, 0.6) is 0 Å². The van der Waals surface area contributed by atoms with E-state index in [4.69, 9.17) is 4.98 Å². The summed E-state index contributed by atoms with van der Waals surface area (Å²) in [6.45, 7) is 24.1. The van der Waals surface area contributed by atoms with Crippen molar-refractivity contribution < 1.29 is 80.1 Å². The van der Waals surface area contributed by atoms with E-state index in [1.165, 1.54) is 13.0 Å². The second-order valence-electron chi connectivity index (χ2n) is 12.9. The summed E-state index contributed by atoms with van der Waals surface area (Å²) in [6, 6.07) is 15.8. The number of hydrogen-bond donors (Lipinski definition) is 2. The van der Waals surface area contributed by atoms with Crippen LogP contribution in [0.4, 0.5) is 29.3 Å². The Labute approximate surface area is 374 Å². The molecule has 12 nitrogen and oxygen atoms in total. The molecule has 0 bridgehead atoms. The zero-order valence-electron chi connectivity index (χ0n) is 34.0. The van der Waals surface area contributed by atoms with Crippen LogP contribution in [-0.2, 0) is 38.3 Å². The van der Waals surface area contributed by atoms with E-state index in [9.17, 15) is 27.6 Å². The molecule has 0 fully saturated rings. The van der Waals surface area contributed by atoms with Crippen LogP contribution < -0.4 is 53.7 Å². The summed E-state index contributed by atoms with van der Waals surface area (Å²) in [6.07, 6.45) is 12.6. The number of halogens is 5. The van der Waals surface area contributed by atoms with Crippen LogP contribution in [0.15, 0.2) is 142 Å². The number of benzene rings is 2. The van der Waals surface area contributed by atoms with Gasteiger partial charge < -0.3 is 54.1 Å². The molecule has 0 aliphatic carbocycles. The van der Waals surface area contributed by atoms with E-state index in [2.05, 4.69) is 62.1 Å². The van der Waals surface area contributed by atoms with Gasteiger partial charge in [0, 0.05) is 22.5 Å². The topological polar surface area (TPSA) is 124 Å². The maximum absolute atomic E-state index is 12.8. The monoisotopic (exact) mass is 969 g/mol. The molecule has 0 radical (unpaired) electrons. The van der Waals surface area contributed by atoms with E-state index < -0.39 is 29.7 Å². The van der Waals surface area contributed by atoms with Crippen molar-refractivity contribution in [1.29, 1.82) is 0 Å². The van der Waals surface area contributed by atoms with Crippen molar-refractivity contribution in [2.75, 3.05) is 23.8 Å². The second-order valence-corrected chi connectivity index (χ2v) is 12.9. The summed E-state index contributed by atoms with van der Waals surface area (Å²) in [5.41, 5.74) is 3.81. The van der Waals surface area contributed by atoms with E-state index in [1.54, 1.807) is 56.6 Å². The van der Waals surface area contributed by atoms with Crippen molar-refractivity contribution in [3.63, 3.8) is 0 Å². The highest BCUT2D eigenvalue weighted by Gasteiger charge is 2.31. The summed E-state index contributed by atoms with van der Waals surface area (Å²) in [4.78, 5) is 38.3. The summed E-state index contributed by atoms with van der Waals surface area (Å²) in [5.74, 6) is -0.979. The van der Waals surface area contributed by atoms with Gasteiger partial charge in [-0.15, -0.1) is 0 Å². The zero-order chi connectivity index (χ0) is 43.5. The molecular weight excluding hydrogens is 923 g/mol. The molecule has 3 aromatic heterocycles. The van der Waals surface area contributed by atoms with Crippen LogP contribution in [-0.4, -0.2) is 45.3 Å². The number of rotatable bonds is 14. The first kappa shape index (κ1) is 52.7. The van der Waals surface area contributed by atoms with Crippen LogP contribution in [0.3, 0.4) is 0 Å². The van der Waals surface area contributed by atoms with E-state index in [0.29, 0.717) is 22.4 Å². The molecule has 2 N–H and O–H groups in total. The quantitative estimate of drug-likeness (QED) is 0.0762. The number of hydrogen-bond acceptors (Lipinski definition) is 6. The number of nitrogens with zero attached hydrogens (tertiary/aromatic N) is 5. The van der Waals surface area contributed by atoms with Crippen molar-refractivity contribution in [3.05, 3.63) is 170 Å². The van der Waals surface area contributed by atoms with Crippen LogP contribution in [0.25, 0.3) is 18.5 Å². The molecule has 0 atom stereocenters. The van der Waals surface area contributed by atoms with Crippen molar-refractivity contribution in [2.24, 2.45) is 0 Å². The van der Waals surface area contributed by atoms with E-state index in [1.807, 2.05) is 64.8 Å². The SMILES string of the molecule is C=C(C)C(=O)OCCOC(=O)C(=C)C.C=Cc1ccc(NC(=O)Nc2cc(C)cc(C(F)(F)F)c2)cc1.C=Cn1cc[n+](Cc2cccc(C[n+]3ccn(C=C)c3)n2)c1.[Br-].[Br-]. The highest BCUT2D eigenvalue weighted by atomic mass is 79.9. The number of amides is 2. The Balaban J connectivity index is 0.000000465. The fourth-order valence-electron chi connectivity index (χ4n) is 4.83. The number of alkyl halides is 3. The van der Waals surface area contributed by atoms with Crippen LogP contribution >= 0.6 is 0 Å². The Bertz CT molecular complexity index is 2200. The molecule has 5 rings (SSSR count). The van der Waals surface area contributed by atoms with Gasteiger partial charge in [0.25, 0.3) is 0 Å². The number of urea groups is 1. The highest BCUT2D eigenvalue weighted by molar-refractivity contribution is 5.99. The maximum atomic E-state index is 12.8. The predicted molar refractivity (Wildman–Crippen MR) is 221 cm³/mol. The van der Waals surface area contributed by atoms with Gasteiger partial charge in [0.2, 0.25) is 12.7 Å². The number of anilines is 2. The Morgan fingerprint density at radius 1 is 0.754 bits per heavy atom. The molecule has 0 unspecified atom stereocenters. The predicted octanol–water partition coefficient (Wildman–Crippen LogP) is 2.09. The van der Waals surface area contributed by atoms with Crippen LogP contribution in [0.1, 0.15) is 41.9 Å². The Morgan fingerprint density at radius 3 is 1.64 bits per heavy atom. The smallest absolute Gasteiger partial charge is 0.416 e. The number of aryl methyl sites for hydroxylation is 1. The third-order valence-corrected chi connectivity index (χ3v) is 7.71. The average Bonchev–Trinajstić information content (AvgIpc) is 3.85. The highest BCUT2D eigenvalue weighted by Crippen LogP contribution is 2.32. The van der Waals surface area contributed by atoms with Gasteiger partial charge in [0.1, 0.15) is 51.1 Å². The molecule has 5 aromatic rings. The fraction of sp³-hybridized carbons (Fsp3) is 0.182. The molecule has 0 aliphatic heterocycles. The normalized spacial score (nSPS) is 10.0. The minimum atomic E-state index is -4.46. The molecule has 324 valence electrons. The van der Waals surface area contributed by atoms with Gasteiger partial charge in [-0.25, -0.2) is 37.6 Å². The van der Waals surface area contributed by atoms with E-state index in [0.717, 1.165) is 42.2 Å². The lowest BCUT2D eigenvalue weighted by Crippen LogP contribution is -3.00. The van der Waals surface area contributed by atoms with Crippen LogP contribution in [0.2, 0.25) is 0 Å². The number of nitrogens with one attached hydrogen (secondary N) is 2. The summed E-state index contributed by atoms with van der Waals surface area (Å²) in [5, 5.41) is 4.96. The van der Waals surface area contributed by atoms with Gasteiger partial charge in [-0.3, -0.25) is 0 Å². The molecule has 0 saturated heterocycles. The van der Waals surface area contributed by atoms with Crippen molar-refractivity contribution in [3.8, 4) is 0 Å². The Kier molecular flexibility index (Phi) is 22.5. The number of aromatic nitrogens is 5. The van der Waals surface area contributed by atoms with Gasteiger partial charge in [-0.1, -0.05) is 57.2 Å². The number of ether oxygens (including phenoxy) is 2. The van der Waals surface area contributed by atoms with Crippen molar-refractivity contribution in [2.45, 2.75) is 40.0 Å². The molecule has 61 heavy (non-hydrogen) atoms. The summed E-state index contributed by atoms with van der Waals surface area (Å²) < 4.78 is 55.7. The summed E-state index contributed by atoms with van der Waals surface area (Å²) >= 11 is 0. The lowest BCUT2D eigenvalue weighted by molar-refractivity contribution is -0.689. The minimum Gasteiger partial charge on any atom is -1.00 e. The van der Waals surface area contributed by atoms with Gasteiger partial charge in [0.05, 0.1) is 29.4 Å². The lowest BCUT2D eigenvalue weighted by Gasteiger charge is -2.12. The van der Waals surface area contributed by atoms with Crippen molar-refractivity contribution >= 4 is 47.8 Å². The molecule has 3 heterocycles. The molecule has 0 aliphatic rings. The standard InChI is InChI=1S/C17H15F3N2O.C17H19N5.C10H14O4.2BrH/c1-3-12-4-6-14(7-5-12)21-16(23)22-15-9-11(2)8-13(10-15)17(18,19)20;1-3-19-8-10-21(14-19)12-16-6-5-7-17(18-16)13-22-11-9-20(4-2)15-22;1-7(2)9(11)13-5-6-14-10(12)8(3)4;;/h3-10H,1H2,2H3,(H2,21,22,23);3-11,14-15H,1-2,12-13H2;1,3,5-6H2,2,4H3;2*1H/q;+2;;;/p-2. The average molecular weight is 972 g/mol. The second kappa shape index (κ2) is 26.0. The minimum absolute atomic E-state index is 0. The van der Waals surface area contributed by atoms with Crippen molar-refractivity contribution in [1.82, 2.24) is 14.1 Å². The van der Waals surface area contributed by atoms with E-state index in [-0.39, 0.29) is 52.9 Å². The summed E-state index contributed by atoms with van der Waals surface area (Å²) in [7, 11) is 0. The largest absolute Gasteiger partial charge is 1.00 e. The third kappa shape index (κ3) is 19.1. The van der Waals surface area contributed by atoms with Gasteiger partial charge in [-0.2, -0.15) is 13.2 Å².